The molecule has 2 aromatic carbocycles. The van der Waals surface area contributed by atoms with Gasteiger partial charge < -0.3 is 5.73 Å². The zero-order valence-electron chi connectivity index (χ0n) is 13.0. The van der Waals surface area contributed by atoms with Gasteiger partial charge >= 0.3 is 0 Å². The Kier molecular flexibility index (Phi) is 3.59. The maximum absolute atomic E-state index is 6.18. The normalized spacial score (nSPS) is 10.9. The first-order valence-corrected chi connectivity index (χ1v) is 8.37. The van der Waals surface area contributed by atoms with E-state index in [-0.39, 0.29) is 0 Å². The molecule has 0 aliphatic carbocycles. The smallest absolute Gasteiger partial charge is 0.181 e. The highest BCUT2D eigenvalue weighted by molar-refractivity contribution is 7.13. The number of hydrogen-bond donors (Lipinski definition) is 1. The Morgan fingerprint density at radius 2 is 1.75 bits per heavy atom. The van der Waals surface area contributed by atoms with Gasteiger partial charge in [-0.2, -0.15) is 0 Å². The van der Waals surface area contributed by atoms with Gasteiger partial charge in [0, 0.05) is 28.7 Å². The zero-order valence-corrected chi connectivity index (χ0v) is 13.9. The summed E-state index contributed by atoms with van der Waals surface area (Å²) in [4.78, 5) is 1.20. The third-order valence-corrected chi connectivity index (χ3v) is 4.81. The lowest BCUT2D eigenvalue weighted by Gasteiger charge is -2.10. The highest BCUT2D eigenvalue weighted by Crippen LogP contribution is 2.35. The van der Waals surface area contributed by atoms with Crippen molar-refractivity contribution in [2.75, 3.05) is 5.73 Å². The maximum Gasteiger partial charge on any atom is 0.181 e. The lowest BCUT2D eigenvalue weighted by Crippen LogP contribution is -1.96. The summed E-state index contributed by atoms with van der Waals surface area (Å²) in [5.74, 6) is 0.726. The first-order valence-electron chi connectivity index (χ1n) is 7.49. The largest absolute Gasteiger partial charge is 0.398 e. The molecule has 0 unspecified atom stereocenters. The Morgan fingerprint density at radius 1 is 0.958 bits per heavy atom. The van der Waals surface area contributed by atoms with E-state index < -0.39 is 0 Å². The van der Waals surface area contributed by atoms with E-state index in [4.69, 9.17) is 5.73 Å². The SMILES string of the molecule is Cn1nnnc1-c1cc(-c2cccs2)cc(-c2ccccc2N)c1. The van der Waals surface area contributed by atoms with Gasteiger partial charge in [0.1, 0.15) is 0 Å². The molecule has 0 atom stereocenters. The molecule has 4 aromatic rings. The Balaban J connectivity index is 1.96. The molecule has 118 valence electrons. The van der Waals surface area contributed by atoms with Gasteiger partial charge in [0.15, 0.2) is 5.82 Å². The number of aryl methyl sites for hydroxylation is 1. The fourth-order valence-corrected chi connectivity index (χ4v) is 3.45. The van der Waals surface area contributed by atoms with Crippen LogP contribution < -0.4 is 5.73 Å². The summed E-state index contributed by atoms with van der Waals surface area (Å²) in [6.07, 6.45) is 0. The van der Waals surface area contributed by atoms with Gasteiger partial charge in [-0.05, 0) is 57.3 Å². The van der Waals surface area contributed by atoms with Gasteiger partial charge in [0.2, 0.25) is 0 Å². The fraction of sp³-hybridized carbons (Fsp3) is 0.0556. The minimum absolute atomic E-state index is 0.726. The standard InChI is InChI=1S/C18H15N5S/c1-23-18(20-21-22-23)14-10-12(15-5-2-3-6-16(15)19)9-13(11-14)17-7-4-8-24-17/h2-11H,19H2,1H3. The average Bonchev–Trinajstić information content (AvgIpc) is 3.26. The van der Waals surface area contributed by atoms with E-state index in [9.17, 15) is 0 Å². The number of benzene rings is 2. The van der Waals surface area contributed by atoms with Gasteiger partial charge in [-0.25, -0.2) is 4.68 Å². The van der Waals surface area contributed by atoms with E-state index in [1.165, 1.54) is 4.88 Å². The van der Waals surface area contributed by atoms with Crippen molar-refractivity contribution in [1.82, 2.24) is 20.2 Å². The van der Waals surface area contributed by atoms with Gasteiger partial charge in [0.05, 0.1) is 0 Å². The molecule has 0 bridgehead atoms. The van der Waals surface area contributed by atoms with E-state index in [0.29, 0.717) is 0 Å². The van der Waals surface area contributed by atoms with Crippen molar-refractivity contribution >= 4 is 17.0 Å². The average molecular weight is 333 g/mol. The first kappa shape index (κ1) is 14.6. The van der Waals surface area contributed by atoms with Gasteiger partial charge in [-0.3, -0.25) is 0 Å². The van der Waals surface area contributed by atoms with Gasteiger partial charge in [0.25, 0.3) is 0 Å². The van der Waals surface area contributed by atoms with Crippen LogP contribution in [0.5, 0.6) is 0 Å². The maximum atomic E-state index is 6.18. The van der Waals surface area contributed by atoms with Crippen molar-refractivity contribution in [1.29, 1.82) is 0 Å². The highest BCUT2D eigenvalue weighted by Gasteiger charge is 2.12. The van der Waals surface area contributed by atoms with Crippen molar-refractivity contribution in [2.24, 2.45) is 7.05 Å². The number of nitrogens with two attached hydrogens (primary N) is 1. The summed E-state index contributed by atoms with van der Waals surface area (Å²) >= 11 is 1.70. The molecular weight excluding hydrogens is 318 g/mol. The van der Waals surface area contributed by atoms with Crippen molar-refractivity contribution in [3.05, 3.63) is 60.0 Å². The van der Waals surface area contributed by atoms with Crippen molar-refractivity contribution in [3.63, 3.8) is 0 Å². The highest BCUT2D eigenvalue weighted by atomic mass is 32.1. The molecule has 2 N–H and O–H groups in total. The summed E-state index contributed by atoms with van der Waals surface area (Å²) in [7, 11) is 1.84. The predicted octanol–water partition coefficient (Wildman–Crippen LogP) is 3.85. The Bertz CT molecular complexity index is 988. The Hall–Kier alpha value is -2.99. The van der Waals surface area contributed by atoms with Crippen LogP contribution in [-0.2, 0) is 7.05 Å². The molecule has 2 aromatic heterocycles. The van der Waals surface area contributed by atoms with Crippen LogP contribution in [0.3, 0.4) is 0 Å². The summed E-state index contributed by atoms with van der Waals surface area (Å²) in [5.41, 5.74) is 11.1. The molecule has 0 saturated heterocycles. The molecule has 0 fully saturated rings. The number of nitrogen functional groups attached to an aromatic ring is 1. The fourth-order valence-electron chi connectivity index (χ4n) is 2.73. The molecule has 0 saturated carbocycles. The third-order valence-electron chi connectivity index (χ3n) is 3.89. The minimum atomic E-state index is 0.726. The van der Waals surface area contributed by atoms with Crippen LogP contribution in [0.2, 0.25) is 0 Å². The second-order valence-electron chi connectivity index (χ2n) is 5.49. The zero-order chi connectivity index (χ0) is 16.5. The van der Waals surface area contributed by atoms with E-state index in [0.717, 1.165) is 33.8 Å². The van der Waals surface area contributed by atoms with Gasteiger partial charge in [-0.15, -0.1) is 16.4 Å². The second-order valence-corrected chi connectivity index (χ2v) is 6.44. The topological polar surface area (TPSA) is 69.6 Å². The predicted molar refractivity (Wildman–Crippen MR) is 97.4 cm³/mol. The molecule has 0 spiro atoms. The van der Waals surface area contributed by atoms with E-state index in [1.54, 1.807) is 16.0 Å². The number of para-hydroxylation sites is 1. The summed E-state index contributed by atoms with van der Waals surface area (Å²) in [6, 6.07) is 18.4. The van der Waals surface area contributed by atoms with Crippen molar-refractivity contribution < 1.29 is 0 Å². The number of nitrogens with zero attached hydrogens (tertiary/aromatic N) is 4. The van der Waals surface area contributed by atoms with Crippen LogP contribution in [0.4, 0.5) is 5.69 Å². The van der Waals surface area contributed by atoms with Gasteiger partial charge in [-0.1, -0.05) is 24.3 Å². The Morgan fingerprint density at radius 3 is 2.46 bits per heavy atom. The summed E-state index contributed by atoms with van der Waals surface area (Å²) in [6.45, 7) is 0. The van der Waals surface area contributed by atoms with Crippen molar-refractivity contribution in [3.8, 4) is 33.0 Å². The number of tetrazole rings is 1. The molecule has 2 heterocycles. The number of thiophene rings is 1. The minimum Gasteiger partial charge on any atom is -0.398 e. The van der Waals surface area contributed by atoms with E-state index in [2.05, 4.69) is 45.2 Å². The molecule has 0 amide bonds. The molecule has 4 rings (SSSR count). The quantitative estimate of drug-likeness (QED) is 0.578. The Labute approximate surface area is 143 Å². The van der Waals surface area contributed by atoms with Crippen molar-refractivity contribution in [2.45, 2.75) is 0 Å². The van der Waals surface area contributed by atoms with Crippen LogP contribution in [0.25, 0.3) is 33.0 Å². The van der Waals surface area contributed by atoms with E-state index >= 15 is 0 Å². The molecule has 6 heteroatoms. The molecular formula is C18H15N5S. The second kappa shape index (κ2) is 5.90. The molecule has 5 nitrogen and oxygen atoms in total. The lowest BCUT2D eigenvalue weighted by molar-refractivity contribution is 0.715. The molecule has 24 heavy (non-hydrogen) atoms. The van der Waals surface area contributed by atoms with E-state index in [1.807, 2.05) is 37.4 Å². The molecule has 0 aliphatic heterocycles. The monoisotopic (exact) mass is 333 g/mol. The molecule has 0 aliphatic rings. The number of anilines is 1. The number of rotatable bonds is 3. The van der Waals surface area contributed by atoms with Crippen LogP contribution >= 0.6 is 11.3 Å². The first-order chi connectivity index (χ1) is 11.7. The van der Waals surface area contributed by atoms with Crippen LogP contribution in [0, 0.1) is 0 Å². The third kappa shape index (κ3) is 2.57. The summed E-state index contributed by atoms with van der Waals surface area (Å²) in [5, 5.41) is 13.9. The summed E-state index contributed by atoms with van der Waals surface area (Å²) < 4.78 is 1.67. The van der Waals surface area contributed by atoms with Crippen LogP contribution in [0.1, 0.15) is 0 Å². The number of aromatic nitrogens is 4. The molecule has 0 radical (unpaired) electrons. The van der Waals surface area contributed by atoms with Crippen LogP contribution in [-0.4, -0.2) is 20.2 Å². The number of hydrogen-bond acceptors (Lipinski definition) is 5. The van der Waals surface area contributed by atoms with Crippen LogP contribution in [0.15, 0.2) is 60.0 Å². The lowest BCUT2D eigenvalue weighted by atomic mass is 9.97.